The van der Waals surface area contributed by atoms with Crippen LogP contribution in [0.3, 0.4) is 0 Å². The van der Waals surface area contributed by atoms with Crippen LogP contribution < -0.4 is 10.2 Å². The Morgan fingerprint density at radius 2 is 2.05 bits per heavy atom. The Hall–Kier alpha value is -1.62. The van der Waals surface area contributed by atoms with E-state index in [9.17, 15) is 0 Å². The Kier molecular flexibility index (Phi) is 2.88. The fourth-order valence-electron chi connectivity index (χ4n) is 3.88. The van der Waals surface area contributed by atoms with E-state index in [0.717, 1.165) is 31.0 Å². The fraction of sp³-hybridized carbons (Fsp3) is 0.600. The van der Waals surface area contributed by atoms with Gasteiger partial charge in [-0.15, -0.1) is 0 Å². The highest BCUT2D eigenvalue weighted by molar-refractivity contribution is 5.69. The molecule has 106 valence electrons. The minimum Gasteiger partial charge on any atom is -0.347 e. The first-order valence-electron chi connectivity index (χ1n) is 7.66. The summed E-state index contributed by atoms with van der Waals surface area (Å²) in [4.78, 5) is 7.24. The number of rotatable bonds is 1. The lowest BCUT2D eigenvalue weighted by molar-refractivity contribution is 0.240. The molecule has 0 aromatic carbocycles. The molecule has 1 aliphatic carbocycles. The Morgan fingerprint density at radius 1 is 1.15 bits per heavy atom. The van der Waals surface area contributed by atoms with E-state index in [0.29, 0.717) is 0 Å². The molecule has 0 atom stereocenters. The number of piperazine rings is 1. The van der Waals surface area contributed by atoms with Crippen LogP contribution in [-0.4, -0.2) is 39.8 Å². The molecular weight excluding hydrogens is 250 g/mol. The van der Waals surface area contributed by atoms with E-state index in [1.165, 1.54) is 32.1 Å². The molecule has 4 rings (SSSR count). The van der Waals surface area contributed by atoms with Crippen LogP contribution in [0.15, 0.2) is 24.7 Å². The van der Waals surface area contributed by atoms with Crippen molar-refractivity contribution >= 4 is 11.3 Å². The number of anilines is 1. The molecule has 2 aliphatic rings. The first-order chi connectivity index (χ1) is 9.89. The number of aromatic nitrogens is 3. The largest absolute Gasteiger partial charge is 0.347 e. The monoisotopic (exact) mass is 271 g/mol. The van der Waals surface area contributed by atoms with Crippen molar-refractivity contribution in [3.63, 3.8) is 0 Å². The van der Waals surface area contributed by atoms with Crippen LogP contribution in [0.2, 0.25) is 0 Å². The van der Waals surface area contributed by atoms with Gasteiger partial charge in [-0.2, -0.15) is 5.10 Å². The van der Waals surface area contributed by atoms with Crippen molar-refractivity contribution in [3.8, 4) is 0 Å². The van der Waals surface area contributed by atoms with E-state index >= 15 is 0 Å². The highest BCUT2D eigenvalue weighted by atomic mass is 15.3. The second-order valence-corrected chi connectivity index (χ2v) is 6.03. The van der Waals surface area contributed by atoms with Gasteiger partial charge in [-0.25, -0.2) is 9.50 Å². The van der Waals surface area contributed by atoms with Gasteiger partial charge in [-0.3, -0.25) is 0 Å². The molecule has 1 saturated carbocycles. The number of nitrogens with one attached hydrogen (secondary N) is 1. The first kappa shape index (κ1) is 12.1. The molecule has 1 spiro atoms. The molecule has 0 radical (unpaired) electrons. The third kappa shape index (κ3) is 1.80. The van der Waals surface area contributed by atoms with Gasteiger partial charge in [0.1, 0.15) is 5.52 Å². The maximum absolute atomic E-state index is 4.69. The molecule has 0 unspecified atom stereocenters. The molecule has 5 nitrogen and oxygen atoms in total. The summed E-state index contributed by atoms with van der Waals surface area (Å²) in [6.45, 7) is 3.17. The van der Waals surface area contributed by atoms with Crippen molar-refractivity contribution in [1.82, 2.24) is 19.9 Å². The summed E-state index contributed by atoms with van der Waals surface area (Å²) in [5.74, 6) is 1.11. The van der Waals surface area contributed by atoms with Crippen LogP contribution in [0.1, 0.15) is 32.1 Å². The summed E-state index contributed by atoms with van der Waals surface area (Å²) < 4.78 is 1.93. The SMILES string of the molecule is c1cn2nccc2c(N2CCNCC23CCCCC3)n1. The van der Waals surface area contributed by atoms with E-state index in [4.69, 9.17) is 0 Å². The second-order valence-electron chi connectivity index (χ2n) is 6.03. The maximum atomic E-state index is 4.69. The van der Waals surface area contributed by atoms with Crippen LogP contribution in [0.5, 0.6) is 0 Å². The topological polar surface area (TPSA) is 45.5 Å². The third-order valence-electron chi connectivity index (χ3n) is 4.88. The summed E-state index contributed by atoms with van der Waals surface area (Å²) in [6, 6.07) is 2.07. The molecule has 2 aromatic rings. The summed E-state index contributed by atoms with van der Waals surface area (Å²) in [7, 11) is 0. The van der Waals surface area contributed by atoms with Gasteiger partial charge in [0.05, 0.1) is 11.7 Å². The summed E-state index contributed by atoms with van der Waals surface area (Å²) in [5, 5.41) is 7.94. The van der Waals surface area contributed by atoms with Crippen LogP contribution in [0, 0.1) is 0 Å². The fourth-order valence-corrected chi connectivity index (χ4v) is 3.88. The zero-order chi connectivity index (χ0) is 13.4. The Morgan fingerprint density at radius 3 is 2.95 bits per heavy atom. The molecule has 3 heterocycles. The summed E-state index contributed by atoms with van der Waals surface area (Å²) >= 11 is 0. The number of hydrogen-bond donors (Lipinski definition) is 1. The van der Waals surface area contributed by atoms with Crippen LogP contribution >= 0.6 is 0 Å². The molecule has 2 aromatic heterocycles. The van der Waals surface area contributed by atoms with Gasteiger partial charge in [0, 0.05) is 32.0 Å². The lowest BCUT2D eigenvalue weighted by Gasteiger charge is -2.50. The molecule has 5 heteroatoms. The van der Waals surface area contributed by atoms with Crippen LogP contribution in [0.4, 0.5) is 5.82 Å². The van der Waals surface area contributed by atoms with Gasteiger partial charge >= 0.3 is 0 Å². The summed E-state index contributed by atoms with van der Waals surface area (Å²) in [6.07, 6.45) is 12.2. The van der Waals surface area contributed by atoms with Gasteiger partial charge in [0.15, 0.2) is 5.82 Å². The summed E-state index contributed by atoms with van der Waals surface area (Å²) in [5.41, 5.74) is 1.38. The first-order valence-corrected chi connectivity index (χ1v) is 7.66. The highest BCUT2D eigenvalue weighted by Crippen LogP contribution is 2.38. The Labute approximate surface area is 119 Å². The molecule has 20 heavy (non-hydrogen) atoms. The molecule has 1 saturated heterocycles. The molecular formula is C15H21N5. The molecule has 0 amide bonds. The average Bonchev–Trinajstić information content (AvgIpc) is 2.97. The van der Waals surface area contributed by atoms with E-state index < -0.39 is 0 Å². The maximum Gasteiger partial charge on any atom is 0.155 e. The quantitative estimate of drug-likeness (QED) is 0.859. The van der Waals surface area contributed by atoms with Gasteiger partial charge in [0.2, 0.25) is 0 Å². The van der Waals surface area contributed by atoms with Gasteiger partial charge in [-0.05, 0) is 18.9 Å². The normalized spacial score (nSPS) is 22.5. The molecule has 1 aliphatic heterocycles. The van der Waals surface area contributed by atoms with Gasteiger partial charge in [-0.1, -0.05) is 19.3 Å². The van der Waals surface area contributed by atoms with Crippen molar-refractivity contribution in [3.05, 3.63) is 24.7 Å². The van der Waals surface area contributed by atoms with Crippen molar-refractivity contribution in [2.75, 3.05) is 24.5 Å². The zero-order valence-electron chi connectivity index (χ0n) is 11.8. The predicted octanol–water partition coefficient (Wildman–Crippen LogP) is 1.84. The van der Waals surface area contributed by atoms with Gasteiger partial charge < -0.3 is 10.2 Å². The lowest BCUT2D eigenvalue weighted by atomic mass is 9.79. The van der Waals surface area contributed by atoms with E-state index in [1.807, 2.05) is 23.1 Å². The lowest BCUT2D eigenvalue weighted by Crippen LogP contribution is -2.62. The minimum atomic E-state index is 0.260. The molecule has 1 N–H and O–H groups in total. The third-order valence-corrected chi connectivity index (χ3v) is 4.88. The Bertz CT molecular complexity index is 591. The average molecular weight is 271 g/mol. The number of nitrogens with zero attached hydrogens (tertiary/aromatic N) is 4. The standard InChI is InChI=1S/C15H21N5/c1-2-5-15(6-3-1)12-16-8-10-19(15)14-13-4-7-18-20(13)11-9-17-14/h4,7,9,11,16H,1-3,5-6,8,10,12H2. The van der Waals surface area contributed by atoms with Crippen LogP contribution in [-0.2, 0) is 0 Å². The van der Waals surface area contributed by atoms with Crippen molar-refractivity contribution in [2.45, 2.75) is 37.6 Å². The van der Waals surface area contributed by atoms with Crippen molar-refractivity contribution < 1.29 is 0 Å². The molecule has 0 bridgehead atoms. The van der Waals surface area contributed by atoms with E-state index in [-0.39, 0.29) is 5.54 Å². The van der Waals surface area contributed by atoms with Gasteiger partial charge in [0.25, 0.3) is 0 Å². The van der Waals surface area contributed by atoms with Crippen LogP contribution in [0.25, 0.3) is 5.52 Å². The predicted molar refractivity (Wildman–Crippen MR) is 79.0 cm³/mol. The smallest absolute Gasteiger partial charge is 0.155 e. The number of hydrogen-bond acceptors (Lipinski definition) is 4. The zero-order valence-corrected chi connectivity index (χ0v) is 11.8. The van der Waals surface area contributed by atoms with E-state index in [2.05, 4.69) is 26.4 Å². The number of fused-ring (bicyclic) bond motifs is 1. The second kappa shape index (κ2) is 4.74. The van der Waals surface area contributed by atoms with Crippen molar-refractivity contribution in [1.29, 1.82) is 0 Å². The minimum absolute atomic E-state index is 0.260. The molecule has 2 fully saturated rings. The Balaban J connectivity index is 1.79. The van der Waals surface area contributed by atoms with Crippen molar-refractivity contribution in [2.24, 2.45) is 0 Å². The van der Waals surface area contributed by atoms with E-state index in [1.54, 1.807) is 0 Å². The highest BCUT2D eigenvalue weighted by Gasteiger charge is 2.41.